The third-order valence-corrected chi connectivity index (χ3v) is 7.82. The highest BCUT2D eigenvalue weighted by Crippen LogP contribution is 2.57. The summed E-state index contributed by atoms with van der Waals surface area (Å²) in [5.41, 5.74) is -1.07. The lowest BCUT2D eigenvalue weighted by Crippen LogP contribution is -2.60. The van der Waals surface area contributed by atoms with Crippen molar-refractivity contribution in [3.8, 4) is 0 Å². The van der Waals surface area contributed by atoms with Gasteiger partial charge in [-0.15, -0.1) is 0 Å². The molecule has 3 aliphatic rings. The van der Waals surface area contributed by atoms with Crippen molar-refractivity contribution >= 4 is 0 Å². The van der Waals surface area contributed by atoms with Crippen molar-refractivity contribution in [2.24, 2.45) is 17.3 Å². The highest BCUT2D eigenvalue weighted by molar-refractivity contribution is 5.03. The molecule has 158 valence electrons. The summed E-state index contributed by atoms with van der Waals surface area (Å²) in [5, 5.41) is 41.2. The number of aliphatic hydroxyl groups excluding tert-OH is 3. The highest BCUT2D eigenvalue weighted by atomic mass is 16.7. The number of ether oxygens (including phenoxy) is 2. The lowest BCUT2D eigenvalue weighted by atomic mass is 9.52. The second-order valence-electron chi connectivity index (χ2n) is 10.3. The van der Waals surface area contributed by atoms with E-state index in [0.29, 0.717) is 0 Å². The minimum atomic E-state index is -1.29. The summed E-state index contributed by atoms with van der Waals surface area (Å²) >= 11 is 0. The van der Waals surface area contributed by atoms with E-state index in [9.17, 15) is 20.4 Å². The van der Waals surface area contributed by atoms with Gasteiger partial charge in [0.1, 0.15) is 18.3 Å². The Balaban J connectivity index is 1.72. The van der Waals surface area contributed by atoms with E-state index in [0.717, 1.165) is 38.5 Å². The Hall–Kier alpha value is -0.240. The van der Waals surface area contributed by atoms with Crippen LogP contribution >= 0.6 is 0 Å². The molecule has 0 aromatic heterocycles. The smallest absolute Gasteiger partial charge is 0.187 e. The molecule has 27 heavy (non-hydrogen) atoms. The van der Waals surface area contributed by atoms with Gasteiger partial charge in [-0.05, 0) is 77.0 Å². The summed E-state index contributed by atoms with van der Waals surface area (Å²) < 4.78 is 11.8. The minimum absolute atomic E-state index is 0.171. The number of hydrogen-bond acceptors (Lipinski definition) is 6. The summed E-state index contributed by atoms with van der Waals surface area (Å²) in [5.74, 6) is 0.444. The van der Waals surface area contributed by atoms with Crippen LogP contribution in [0.2, 0.25) is 0 Å². The molecule has 4 N–H and O–H groups in total. The van der Waals surface area contributed by atoms with Gasteiger partial charge < -0.3 is 29.9 Å². The first-order valence-electron chi connectivity index (χ1n) is 10.5. The van der Waals surface area contributed by atoms with Crippen LogP contribution in [0.15, 0.2) is 0 Å². The van der Waals surface area contributed by atoms with Gasteiger partial charge in [0.25, 0.3) is 0 Å². The average molecular weight is 387 g/mol. The fourth-order valence-corrected chi connectivity index (χ4v) is 5.83. The molecular formula is C21H38O6. The van der Waals surface area contributed by atoms with Crippen molar-refractivity contribution in [2.45, 2.75) is 115 Å². The zero-order valence-corrected chi connectivity index (χ0v) is 17.4. The molecule has 2 aliphatic carbocycles. The maximum atomic E-state index is 11.0. The molecule has 6 nitrogen and oxygen atoms in total. The van der Waals surface area contributed by atoms with Gasteiger partial charge in [-0.3, -0.25) is 0 Å². The fraction of sp³-hybridized carbons (Fsp3) is 1.00. The van der Waals surface area contributed by atoms with E-state index in [4.69, 9.17) is 9.47 Å². The van der Waals surface area contributed by atoms with E-state index in [1.807, 2.05) is 20.8 Å². The van der Waals surface area contributed by atoms with Crippen molar-refractivity contribution in [3.63, 3.8) is 0 Å². The van der Waals surface area contributed by atoms with E-state index in [-0.39, 0.29) is 17.3 Å². The topological polar surface area (TPSA) is 99.4 Å². The zero-order valence-electron chi connectivity index (χ0n) is 17.4. The molecule has 9 atom stereocenters. The summed E-state index contributed by atoms with van der Waals surface area (Å²) in [6.07, 6.45) is 0.704. The van der Waals surface area contributed by atoms with Crippen molar-refractivity contribution in [1.29, 1.82) is 0 Å². The normalized spacial score (nSPS) is 51.7. The first kappa shape index (κ1) is 21.5. The Morgan fingerprint density at radius 3 is 2.33 bits per heavy atom. The lowest BCUT2D eigenvalue weighted by Gasteiger charge is -2.56. The van der Waals surface area contributed by atoms with Crippen LogP contribution in [-0.4, -0.2) is 62.3 Å². The number of fused-ring (bicyclic) bond motifs is 1. The van der Waals surface area contributed by atoms with Gasteiger partial charge in [-0.25, -0.2) is 0 Å². The molecule has 0 bridgehead atoms. The van der Waals surface area contributed by atoms with Crippen LogP contribution in [0.5, 0.6) is 0 Å². The van der Waals surface area contributed by atoms with Gasteiger partial charge >= 0.3 is 0 Å². The second kappa shape index (κ2) is 7.22. The molecule has 0 spiro atoms. The molecule has 1 aliphatic heterocycles. The van der Waals surface area contributed by atoms with Crippen molar-refractivity contribution < 1.29 is 29.9 Å². The average Bonchev–Trinajstić information content (AvgIpc) is 2.56. The Morgan fingerprint density at radius 2 is 1.67 bits per heavy atom. The maximum absolute atomic E-state index is 11.0. The molecule has 3 fully saturated rings. The monoisotopic (exact) mass is 386 g/mol. The lowest BCUT2D eigenvalue weighted by molar-refractivity contribution is -0.325. The first-order chi connectivity index (χ1) is 12.4. The molecule has 1 heterocycles. The van der Waals surface area contributed by atoms with Crippen LogP contribution in [0.3, 0.4) is 0 Å². The van der Waals surface area contributed by atoms with Crippen molar-refractivity contribution in [3.05, 3.63) is 0 Å². The Kier molecular flexibility index (Phi) is 5.74. The molecule has 2 saturated carbocycles. The van der Waals surface area contributed by atoms with Gasteiger partial charge in [-0.2, -0.15) is 0 Å². The van der Waals surface area contributed by atoms with Gasteiger partial charge in [0.15, 0.2) is 6.29 Å². The summed E-state index contributed by atoms with van der Waals surface area (Å²) in [6, 6.07) is 0. The number of rotatable bonds is 3. The zero-order chi connectivity index (χ0) is 20.2. The van der Waals surface area contributed by atoms with Crippen LogP contribution in [0.25, 0.3) is 0 Å². The first-order valence-corrected chi connectivity index (χ1v) is 10.5. The SMILES string of the molecule is CC1OC(OC(C)(C)C2CC[C@@]3(C)CCC[C@@](C)(O)[C@H]3C2)C(O)C(O)C1O. The second-order valence-corrected chi connectivity index (χ2v) is 10.3. The Labute approximate surface area is 162 Å². The molecule has 0 radical (unpaired) electrons. The largest absolute Gasteiger partial charge is 0.390 e. The Bertz CT molecular complexity index is 535. The molecule has 3 rings (SSSR count). The van der Waals surface area contributed by atoms with Gasteiger partial charge in [0.05, 0.1) is 17.3 Å². The Morgan fingerprint density at radius 1 is 1.00 bits per heavy atom. The van der Waals surface area contributed by atoms with Crippen LogP contribution in [0.4, 0.5) is 0 Å². The van der Waals surface area contributed by atoms with Crippen molar-refractivity contribution in [2.75, 3.05) is 0 Å². The molecule has 1 saturated heterocycles. The molecule has 6 unspecified atom stereocenters. The molecule has 0 aromatic carbocycles. The van der Waals surface area contributed by atoms with E-state index in [1.165, 1.54) is 0 Å². The van der Waals surface area contributed by atoms with Crippen LogP contribution in [0, 0.1) is 17.3 Å². The van der Waals surface area contributed by atoms with Crippen LogP contribution in [-0.2, 0) is 9.47 Å². The van der Waals surface area contributed by atoms with Gasteiger partial charge in [0, 0.05) is 0 Å². The predicted molar refractivity (Wildman–Crippen MR) is 101 cm³/mol. The van der Waals surface area contributed by atoms with Crippen molar-refractivity contribution in [1.82, 2.24) is 0 Å². The number of aliphatic hydroxyl groups is 4. The van der Waals surface area contributed by atoms with Crippen LogP contribution in [0.1, 0.15) is 73.1 Å². The minimum Gasteiger partial charge on any atom is -0.390 e. The summed E-state index contributed by atoms with van der Waals surface area (Å²) in [6.45, 7) is 9.93. The van der Waals surface area contributed by atoms with E-state index >= 15 is 0 Å². The van der Waals surface area contributed by atoms with E-state index in [1.54, 1.807) is 6.92 Å². The quantitative estimate of drug-likeness (QED) is 0.592. The molecule has 0 amide bonds. The third kappa shape index (κ3) is 3.94. The maximum Gasteiger partial charge on any atom is 0.187 e. The molecule has 6 heteroatoms. The van der Waals surface area contributed by atoms with Gasteiger partial charge in [0.2, 0.25) is 0 Å². The third-order valence-electron chi connectivity index (χ3n) is 7.82. The highest BCUT2D eigenvalue weighted by Gasteiger charge is 2.54. The van der Waals surface area contributed by atoms with Crippen LogP contribution < -0.4 is 0 Å². The van der Waals surface area contributed by atoms with Gasteiger partial charge in [-0.1, -0.05) is 13.3 Å². The predicted octanol–water partition coefficient (Wildman–Crippen LogP) is 1.97. The molecular weight excluding hydrogens is 348 g/mol. The van der Waals surface area contributed by atoms with E-state index < -0.39 is 41.9 Å². The van der Waals surface area contributed by atoms with E-state index in [2.05, 4.69) is 6.92 Å². The number of hydrogen-bond donors (Lipinski definition) is 4. The summed E-state index contributed by atoms with van der Waals surface area (Å²) in [7, 11) is 0. The fourth-order valence-electron chi connectivity index (χ4n) is 5.83. The standard InChI is InChI=1S/C21H38O6/c1-12-15(22)16(23)17(24)18(26-12)27-19(2,3)13-7-10-20(4)8-6-9-21(5,25)14(20)11-13/h12-18,22-25H,6-11H2,1-5H3/t12?,13?,14-,15?,16?,17?,18?,20+,21+/m0/s1. The summed E-state index contributed by atoms with van der Waals surface area (Å²) in [4.78, 5) is 0. The molecule has 0 aromatic rings.